The van der Waals surface area contributed by atoms with Crippen LogP contribution >= 0.6 is 9.24 Å². The van der Waals surface area contributed by atoms with Gasteiger partial charge in [-0.2, -0.15) is 0 Å². The molecule has 0 heterocycles. The Kier molecular flexibility index (Phi) is 5.40. The zero-order chi connectivity index (χ0) is 8.97. The molecule has 0 bridgehead atoms. The minimum atomic E-state index is -0.0775. The Labute approximate surface area is 82.9 Å². The van der Waals surface area contributed by atoms with Crippen molar-refractivity contribution in [1.29, 1.82) is 0 Å². The summed E-state index contributed by atoms with van der Waals surface area (Å²) < 4.78 is 0. The molecule has 0 aliphatic rings. The fourth-order valence-corrected chi connectivity index (χ4v) is 1.29. The topological polar surface area (TPSA) is 29.1 Å². The largest absolute Gasteiger partial charge is 0.346 e. The fourth-order valence-electron chi connectivity index (χ4n) is 1.04. The molecule has 0 aliphatic heterocycles. The lowest BCUT2D eigenvalue weighted by Crippen LogP contribution is -2.20. The monoisotopic (exact) mass is 195 g/mol. The second-order valence-electron chi connectivity index (χ2n) is 2.64. The molecule has 1 amide bonds. The smallest absolute Gasteiger partial charge is 0.235 e. The van der Waals surface area contributed by atoms with E-state index in [4.69, 9.17) is 0 Å². The van der Waals surface area contributed by atoms with E-state index in [1.54, 1.807) is 0 Å². The van der Waals surface area contributed by atoms with E-state index in [1.807, 2.05) is 37.3 Å². The average molecular weight is 195 g/mol. The Morgan fingerprint density at radius 3 is 2.38 bits per heavy atom. The molecule has 1 aromatic carbocycles. The number of carbonyl (C=O) groups excluding carboxylic acids is 1. The second-order valence-corrected chi connectivity index (χ2v) is 3.17. The number of benzene rings is 1. The molecule has 1 aromatic rings. The van der Waals surface area contributed by atoms with Crippen LogP contribution in [-0.4, -0.2) is 14.1 Å². The zero-order valence-electron chi connectivity index (χ0n) is 6.95. The first-order chi connectivity index (χ1) is 5.70. The van der Waals surface area contributed by atoms with Gasteiger partial charge in [0.05, 0.1) is 14.5 Å². The van der Waals surface area contributed by atoms with Crippen LogP contribution < -0.4 is 5.32 Å². The third-order valence-electron chi connectivity index (χ3n) is 1.66. The molecule has 0 saturated heterocycles. The Bertz CT molecular complexity index is 266. The summed E-state index contributed by atoms with van der Waals surface area (Å²) in [6.45, 7) is 1.96. The number of hydrogen-bond donors (Lipinski definition) is 1. The molecule has 0 spiro atoms. The van der Waals surface area contributed by atoms with E-state index in [0.717, 1.165) is 5.56 Å². The van der Waals surface area contributed by atoms with Crippen LogP contribution in [0.25, 0.3) is 0 Å². The van der Waals surface area contributed by atoms with Gasteiger partial charge in [-0.15, -0.1) is 0 Å². The van der Waals surface area contributed by atoms with Crippen molar-refractivity contribution in [3.8, 4) is 0 Å². The number of carbonyl (C=O) groups is 1. The molecule has 1 N–H and O–H groups in total. The van der Waals surface area contributed by atoms with E-state index >= 15 is 0 Å². The molecule has 0 aromatic heterocycles. The molecule has 1 rings (SSSR count). The van der Waals surface area contributed by atoms with Crippen LogP contribution in [0.1, 0.15) is 18.5 Å². The molecule has 70 valence electrons. The first-order valence-electron chi connectivity index (χ1n) is 3.81. The van der Waals surface area contributed by atoms with E-state index in [-0.39, 0.29) is 20.1 Å². The second kappa shape index (κ2) is 5.77. The molecule has 13 heavy (non-hydrogen) atoms. The SMILES string of the molecule is B.CC(NC(=O)P)c1ccccc1. The fraction of sp³-hybridized carbons (Fsp3) is 0.222. The number of nitrogens with one attached hydrogen (secondary N) is 1. The minimum absolute atomic E-state index is 0. The minimum Gasteiger partial charge on any atom is -0.346 e. The Morgan fingerprint density at radius 2 is 1.92 bits per heavy atom. The average Bonchev–Trinajstić information content (AvgIpc) is 2.05. The number of rotatable bonds is 2. The molecule has 0 radical (unpaired) electrons. The van der Waals surface area contributed by atoms with Crippen molar-refractivity contribution in [3.05, 3.63) is 35.9 Å². The number of hydrogen-bond acceptors (Lipinski definition) is 1. The van der Waals surface area contributed by atoms with Crippen molar-refractivity contribution in [2.75, 3.05) is 0 Å². The Balaban J connectivity index is 0.00000144. The highest BCUT2D eigenvalue weighted by atomic mass is 31.0. The van der Waals surface area contributed by atoms with Gasteiger partial charge in [0.1, 0.15) is 0 Å². The maximum absolute atomic E-state index is 10.7. The summed E-state index contributed by atoms with van der Waals surface area (Å²) >= 11 is 0. The third kappa shape index (κ3) is 4.09. The van der Waals surface area contributed by atoms with Crippen molar-refractivity contribution in [2.45, 2.75) is 13.0 Å². The summed E-state index contributed by atoms with van der Waals surface area (Å²) in [5.74, 6) is 0. The van der Waals surface area contributed by atoms with Gasteiger partial charge in [-0.1, -0.05) is 30.3 Å². The summed E-state index contributed by atoms with van der Waals surface area (Å²) in [5, 5.41) is 2.78. The molecular weight excluding hydrogens is 180 g/mol. The van der Waals surface area contributed by atoms with Gasteiger partial charge in [-0.05, 0) is 21.7 Å². The summed E-state index contributed by atoms with van der Waals surface area (Å²) in [4.78, 5) is 10.7. The molecule has 2 unspecified atom stereocenters. The van der Waals surface area contributed by atoms with Crippen molar-refractivity contribution >= 4 is 23.3 Å². The van der Waals surface area contributed by atoms with Crippen molar-refractivity contribution in [1.82, 2.24) is 5.32 Å². The zero-order valence-corrected chi connectivity index (χ0v) is 8.10. The molecule has 2 atom stereocenters. The predicted molar refractivity (Wildman–Crippen MR) is 63.0 cm³/mol. The van der Waals surface area contributed by atoms with Crippen LogP contribution in [-0.2, 0) is 0 Å². The first kappa shape index (κ1) is 12.2. The molecule has 4 heteroatoms. The van der Waals surface area contributed by atoms with Crippen molar-refractivity contribution < 1.29 is 4.79 Å². The molecule has 0 fully saturated rings. The standard InChI is InChI=1S/C9H12NOP.BH3/c1-7(10-9(11)12)8-5-3-2-4-6-8;/h2-7H,12H2,1H3,(H,10,11);1H3. The molecule has 0 saturated carbocycles. The summed E-state index contributed by atoms with van der Waals surface area (Å²) in [6, 6.07) is 9.94. The third-order valence-corrected chi connectivity index (χ3v) is 1.83. The van der Waals surface area contributed by atoms with Crippen LogP contribution in [0.4, 0.5) is 4.79 Å². The summed E-state index contributed by atoms with van der Waals surface area (Å²) in [6.07, 6.45) is 0. The van der Waals surface area contributed by atoms with Crippen LogP contribution in [0.2, 0.25) is 0 Å². The lowest BCUT2D eigenvalue weighted by molar-refractivity contribution is 0.258. The summed E-state index contributed by atoms with van der Waals surface area (Å²) in [5.41, 5.74) is 1.04. The molecule has 0 aliphatic carbocycles. The van der Waals surface area contributed by atoms with Crippen molar-refractivity contribution in [2.24, 2.45) is 0 Å². The number of amides is 1. The van der Waals surface area contributed by atoms with Gasteiger partial charge in [0.15, 0.2) is 0 Å². The first-order valence-corrected chi connectivity index (χ1v) is 4.39. The van der Waals surface area contributed by atoms with Gasteiger partial charge in [-0.25, -0.2) is 0 Å². The van der Waals surface area contributed by atoms with Crippen LogP contribution in [0.15, 0.2) is 30.3 Å². The lowest BCUT2D eigenvalue weighted by Gasteiger charge is -2.11. The maximum atomic E-state index is 10.7. The summed E-state index contributed by atoms with van der Waals surface area (Å²) in [7, 11) is 2.10. The van der Waals surface area contributed by atoms with Crippen molar-refractivity contribution in [3.63, 3.8) is 0 Å². The normalized spacial score (nSPS) is 11.2. The quantitative estimate of drug-likeness (QED) is 0.556. The van der Waals surface area contributed by atoms with Gasteiger partial charge in [0.25, 0.3) is 0 Å². The van der Waals surface area contributed by atoms with Crippen LogP contribution in [0.5, 0.6) is 0 Å². The highest BCUT2D eigenvalue weighted by Gasteiger charge is 2.03. The van der Waals surface area contributed by atoms with Crippen LogP contribution in [0, 0.1) is 0 Å². The molecular formula is C9H15BNOP. The van der Waals surface area contributed by atoms with E-state index < -0.39 is 0 Å². The van der Waals surface area contributed by atoms with Gasteiger partial charge in [0.2, 0.25) is 5.65 Å². The lowest BCUT2D eigenvalue weighted by atomic mass is 10.1. The van der Waals surface area contributed by atoms with Gasteiger partial charge < -0.3 is 5.32 Å². The van der Waals surface area contributed by atoms with E-state index in [9.17, 15) is 4.79 Å². The van der Waals surface area contributed by atoms with Gasteiger partial charge >= 0.3 is 0 Å². The van der Waals surface area contributed by atoms with E-state index in [2.05, 4.69) is 14.6 Å². The molecule has 2 nitrogen and oxygen atoms in total. The van der Waals surface area contributed by atoms with Gasteiger partial charge in [0, 0.05) is 0 Å². The van der Waals surface area contributed by atoms with Crippen LogP contribution in [0.3, 0.4) is 0 Å². The van der Waals surface area contributed by atoms with Gasteiger partial charge in [-0.3, -0.25) is 4.79 Å². The Hall–Kier alpha value is -0.815. The van der Waals surface area contributed by atoms with E-state index in [0.29, 0.717) is 0 Å². The predicted octanol–water partition coefficient (Wildman–Crippen LogP) is 1.15. The Morgan fingerprint density at radius 1 is 1.38 bits per heavy atom. The maximum Gasteiger partial charge on any atom is 0.235 e. The highest BCUT2D eigenvalue weighted by molar-refractivity contribution is 7.39. The van der Waals surface area contributed by atoms with E-state index in [1.165, 1.54) is 0 Å². The highest BCUT2D eigenvalue weighted by Crippen LogP contribution is 2.11.